The summed E-state index contributed by atoms with van der Waals surface area (Å²) in [6, 6.07) is 0. The number of nitrogens with one attached hydrogen (secondary N) is 1. The first-order chi connectivity index (χ1) is 12.7. The standard InChI is InChI=1S/C20H28N4O2/c1-2-3-6-10-17(25)13-14-18-16(12-15-19(18)26)9-7-4-5-8-11-20-21-23-24-22-20/h3-4,6-7,12,14-17,25H,2,5,8-11,13H2,1H3,(H,21,22,23,24)/b6-3-,7-4-,18-14+/t16-,17-/m0/s1. The van der Waals surface area contributed by atoms with Gasteiger partial charge in [-0.3, -0.25) is 4.79 Å². The number of hydrogen-bond acceptors (Lipinski definition) is 5. The minimum atomic E-state index is -0.430. The Balaban J connectivity index is 1.73. The van der Waals surface area contributed by atoms with Crippen LogP contribution in [-0.4, -0.2) is 37.6 Å². The van der Waals surface area contributed by atoms with Crippen LogP contribution in [0.5, 0.6) is 0 Å². The van der Waals surface area contributed by atoms with Crippen LogP contribution in [0.2, 0.25) is 0 Å². The van der Waals surface area contributed by atoms with E-state index in [1.54, 1.807) is 6.08 Å². The van der Waals surface area contributed by atoms with Gasteiger partial charge in [-0.15, -0.1) is 5.10 Å². The van der Waals surface area contributed by atoms with Crippen molar-refractivity contribution in [2.75, 3.05) is 0 Å². The fraction of sp³-hybridized carbons (Fsp3) is 0.500. The number of tetrazole rings is 1. The Morgan fingerprint density at radius 3 is 2.92 bits per heavy atom. The maximum Gasteiger partial charge on any atom is 0.181 e. The molecule has 2 atom stereocenters. The van der Waals surface area contributed by atoms with E-state index in [1.165, 1.54) is 0 Å². The highest BCUT2D eigenvalue weighted by atomic mass is 16.3. The molecule has 0 fully saturated rings. The predicted octanol–water partition coefficient (Wildman–Crippen LogP) is 3.26. The monoisotopic (exact) mass is 356 g/mol. The third kappa shape index (κ3) is 6.88. The number of rotatable bonds is 11. The number of nitrogens with zero attached hydrogens (tertiary/aromatic N) is 3. The number of allylic oxidation sites excluding steroid dienone is 6. The molecule has 0 aliphatic heterocycles. The van der Waals surface area contributed by atoms with Crippen LogP contribution in [-0.2, 0) is 11.2 Å². The third-order valence-electron chi connectivity index (χ3n) is 4.31. The highest BCUT2D eigenvalue weighted by molar-refractivity contribution is 6.07. The number of carbonyl (C=O) groups excluding carboxylic acids is 1. The van der Waals surface area contributed by atoms with Crippen molar-refractivity contribution in [2.24, 2.45) is 5.92 Å². The molecule has 0 bridgehead atoms. The number of hydrogen-bond donors (Lipinski definition) is 2. The summed E-state index contributed by atoms with van der Waals surface area (Å²) in [4.78, 5) is 12.0. The maximum absolute atomic E-state index is 12.0. The normalized spacial score (nSPS) is 20.2. The minimum Gasteiger partial charge on any atom is -0.392 e. The number of aryl methyl sites for hydroxylation is 1. The van der Waals surface area contributed by atoms with E-state index in [1.807, 2.05) is 24.3 Å². The molecule has 1 aliphatic rings. The first-order valence-electron chi connectivity index (χ1n) is 9.34. The predicted molar refractivity (Wildman–Crippen MR) is 101 cm³/mol. The first kappa shape index (κ1) is 20.0. The molecule has 1 aromatic rings. The van der Waals surface area contributed by atoms with Gasteiger partial charge in [0.15, 0.2) is 5.78 Å². The highest BCUT2D eigenvalue weighted by Gasteiger charge is 2.21. The molecule has 0 radical (unpaired) electrons. The molecule has 2 N–H and O–H groups in total. The molecule has 0 unspecified atom stereocenters. The summed E-state index contributed by atoms with van der Waals surface area (Å²) in [5, 5.41) is 23.7. The van der Waals surface area contributed by atoms with E-state index in [2.05, 4.69) is 39.7 Å². The molecule has 0 amide bonds. The summed E-state index contributed by atoms with van der Waals surface area (Å²) in [5.74, 6) is 0.994. The minimum absolute atomic E-state index is 0.0671. The number of aliphatic hydroxyl groups excluding tert-OH is 1. The quantitative estimate of drug-likeness (QED) is 0.361. The molecule has 2 rings (SSSR count). The van der Waals surface area contributed by atoms with Crippen molar-refractivity contribution in [3.8, 4) is 0 Å². The lowest BCUT2D eigenvalue weighted by molar-refractivity contribution is -0.111. The number of carbonyl (C=O) groups is 1. The topological polar surface area (TPSA) is 91.8 Å². The molecule has 1 aromatic heterocycles. The van der Waals surface area contributed by atoms with E-state index < -0.39 is 6.10 Å². The molecule has 6 heteroatoms. The summed E-state index contributed by atoms with van der Waals surface area (Å²) in [5.41, 5.74) is 0.806. The zero-order valence-electron chi connectivity index (χ0n) is 15.3. The van der Waals surface area contributed by atoms with Gasteiger partial charge in [-0.05, 0) is 55.0 Å². The lowest BCUT2D eigenvalue weighted by atomic mass is 9.96. The first-order valence-corrected chi connectivity index (χ1v) is 9.34. The SMILES string of the molecule is CC/C=C\C[C@H](O)C/C=C1/C(=O)C=C[C@@H]1C/C=C\CCCc1nnn[nH]1. The summed E-state index contributed by atoms with van der Waals surface area (Å²) in [6.07, 6.45) is 19.1. The number of H-pyrrole nitrogens is 1. The highest BCUT2D eigenvalue weighted by Crippen LogP contribution is 2.26. The number of unbranched alkanes of at least 4 members (excludes halogenated alkanes) is 1. The van der Waals surface area contributed by atoms with Crippen molar-refractivity contribution in [2.45, 2.75) is 58.0 Å². The van der Waals surface area contributed by atoms with Crippen molar-refractivity contribution in [3.63, 3.8) is 0 Å². The van der Waals surface area contributed by atoms with Gasteiger partial charge in [0.25, 0.3) is 0 Å². The fourth-order valence-corrected chi connectivity index (χ4v) is 2.86. The summed E-state index contributed by atoms with van der Waals surface area (Å²) < 4.78 is 0. The lowest BCUT2D eigenvalue weighted by Gasteiger charge is -2.10. The van der Waals surface area contributed by atoms with Crippen LogP contribution in [0.25, 0.3) is 0 Å². The van der Waals surface area contributed by atoms with Crippen molar-refractivity contribution in [1.82, 2.24) is 20.6 Å². The van der Waals surface area contributed by atoms with Gasteiger partial charge in [0.05, 0.1) is 6.10 Å². The van der Waals surface area contributed by atoms with E-state index in [0.29, 0.717) is 12.8 Å². The number of ketones is 1. The van der Waals surface area contributed by atoms with Gasteiger partial charge in [-0.1, -0.05) is 43.4 Å². The third-order valence-corrected chi connectivity index (χ3v) is 4.31. The van der Waals surface area contributed by atoms with E-state index in [-0.39, 0.29) is 11.7 Å². The fourth-order valence-electron chi connectivity index (χ4n) is 2.86. The van der Waals surface area contributed by atoms with Gasteiger partial charge in [0.2, 0.25) is 0 Å². The molecule has 140 valence electrons. The largest absolute Gasteiger partial charge is 0.392 e. The molecular weight excluding hydrogens is 328 g/mol. The molecule has 0 saturated heterocycles. The summed E-state index contributed by atoms with van der Waals surface area (Å²) in [7, 11) is 0. The van der Waals surface area contributed by atoms with Crippen LogP contribution in [0.15, 0.2) is 48.1 Å². The van der Waals surface area contributed by atoms with Gasteiger partial charge in [0, 0.05) is 17.9 Å². The molecule has 6 nitrogen and oxygen atoms in total. The Morgan fingerprint density at radius 1 is 1.27 bits per heavy atom. The van der Waals surface area contributed by atoms with E-state index in [0.717, 1.165) is 43.5 Å². The Morgan fingerprint density at radius 2 is 2.15 bits per heavy atom. The molecular formula is C20H28N4O2. The van der Waals surface area contributed by atoms with E-state index in [4.69, 9.17) is 0 Å². The van der Waals surface area contributed by atoms with E-state index >= 15 is 0 Å². The van der Waals surface area contributed by atoms with Crippen molar-refractivity contribution in [3.05, 3.63) is 53.9 Å². The molecule has 26 heavy (non-hydrogen) atoms. The maximum atomic E-state index is 12.0. The number of aromatic amines is 1. The molecule has 1 aliphatic carbocycles. The van der Waals surface area contributed by atoms with Gasteiger partial charge >= 0.3 is 0 Å². The van der Waals surface area contributed by atoms with Gasteiger partial charge in [-0.25, -0.2) is 5.10 Å². The zero-order valence-corrected chi connectivity index (χ0v) is 15.3. The molecule has 0 saturated carbocycles. The Kier molecular flexibility index (Phi) is 8.69. The van der Waals surface area contributed by atoms with Crippen LogP contribution in [0, 0.1) is 5.92 Å². The van der Waals surface area contributed by atoms with Crippen molar-refractivity contribution in [1.29, 1.82) is 0 Å². The zero-order chi connectivity index (χ0) is 18.6. The van der Waals surface area contributed by atoms with Crippen LogP contribution in [0.4, 0.5) is 0 Å². The van der Waals surface area contributed by atoms with Crippen LogP contribution >= 0.6 is 0 Å². The Hall–Kier alpha value is -2.34. The lowest BCUT2D eigenvalue weighted by Crippen LogP contribution is -2.07. The Labute approximate surface area is 154 Å². The van der Waals surface area contributed by atoms with Crippen LogP contribution in [0.1, 0.15) is 51.3 Å². The van der Waals surface area contributed by atoms with Crippen LogP contribution in [0.3, 0.4) is 0 Å². The van der Waals surface area contributed by atoms with Crippen LogP contribution < -0.4 is 0 Å². The average Bonchev–Trinajstić information content (AvgIpc) is 3.26. The molecule has 1 heterocycles. The molecule has 0 spiro atoms. The van der Waals surface area contributed by atoms with Crippen molar-refractivity contribution >= 4 is 5.78 Å². The second-order valence-electron chi connectivity index (χ2n) is 6.44. The van der Waals surface area contributed by atoms with Gasteiger partial charge < -0.3 is 5.11 Å². The van der Waals surface area contributed by atoms with Crippen molar-refractivity contribution < 1.29 is 9.90 Å². The summed E-state index contributed by atoms with van der Waals surface area (Å²) >= 11 is 0. The van der Waals surface area contributed by atoms with Gasteiger partial charge in [-0.2, -0.15) is 0 Å². The molecule has 0 aromatic carbocycles. The number of aliphatic hydroxyl groups is 1. The number of aromatic nitrogens is 4. The summed E-state index contributed by atoms with van der Waals surface area (Å²) in [6.45, 7) is 2.07. The van der Waals surface area contributed by atoms with E-state index in [9.17, 15) is 9.90 Å². The van der Waals surface area contributed by atoms with Gasteiger partial charge in [0.1, 0.15) is 5.82 Å². The smallest absolute Gasteiger partial charge is 0.181 e. The Bertz CT molecular complexity index is 659. The second-order valence-corrected chi connectivity index (χ2v) is 6.44. The average molecular weight is 356 g/mol. The second kappa shape index (κ2) is 11.3.